The summed E-state index contributed by atoms with van der Waals surface area (Å²) in [6, 6.07) is 0. The van der Waals surface area contributed by atoms with E-state index in [1.54, 1.807) is 0 Å². The molecule has 1 aliphatic heterocycles. The Bertz CT molecular complexity index is 543. The first-order valence-electron chi connectivity index (χ1n) is 8.75. The van der Waals surface area contributed by atoms with Crippen LogP contribution in [0.15, 0.2) is 4.99 Å². The van der Waals surface area contributed by atoms with Crippen LogP contribution in [0.2, 0.25) is 0 Å². The van der Waals surface area contributed by atoms with Crippen LogP contribution in [0.3, 0.4) is 0 Å². The molecule has 1 aromatic heterocycles. The molecule has 0 radical (unpaired) electrons. The van der Waals surface area contributed by atoms with Gasteiger partial charge in [0.2, 0.25) is 0 Å². The lowest BCUT2D eigenvalue weighted by molar-refractivity contribution is 0.408. The van der Waals surface area contributed by atoms with Crippen molar-refractivity contribution >= 4 is 41.7 Å². The number of hydrogen-bond donors (Lipinski definition) is 1. The van der Waals surface area contributed by atoms with Gasteiger partial charge in [0, 0.05) is 56.0 Å². The van der Waals surface area contributed by atoms with E-state index < -0.39 is 0 Å². The molecule has 2 rings (SSSR count). The first-order valence-corrected chi connectivity index (χ1v) is 9.80. The molecule has 0 aliphatic carbocycles. The van der Waals surface area contributed by atoms with Crippen molar-refractivity contribution in [2.24, 2.45) is 12.0 Å². The van der Waals surface area contributed by atoms with Crippen molar-refractivity contribution in [3.05, 3.63) is 17.0 Å². The van der Waals surface area contributed by atoms with Crippen LogP contribution >= 0.6 is 35.7 Å². The fourth-order valence-electron chi connectivity index (χ4n) is 3.25. The number of hydrogen-bond acceptors (Lipinski definition) is 3. The number of thioether (sulfide) groups is 1. The number of aryl methyl sites for hydroxylation is 2. The van der Waals surface area contributed by atoms with Crippen LogP contribution in [0, 0.1) is 0 Å². The van der Waals surface area contributed by atoms with Gasteiger partial charge in [-0.05, 0) is 19.3 Å². The van der Waals surface area contributed by atoms with E-state index in [9.17, 15) is 0 Å². The molecule has 1 aliphatic rings. The summed E-state index contributed by atoms with van der Waals surface area (Å²) in [6.07, 6.45) is 3.21. The van der Waals surface area contributed by atoms with Gasteiger partial charge in [0.15, 0.2) is 5.96 Å². The maximum atomic E-state index is 4.66. The third kappa shape index (κ3) is 5.03. The number of halogens is 1. The minimum absolute atomic E-state index is 0. The van der Waals surface area contributed by atoms with Crippen molar-refractivity contribution in [1.82, 2.24) is 20.0 Å². The minimum atomic E-state index is 0. The van der Waals surface area contributed by atoms with E-state index in [0.717, 1.165) is 43.7 Å². The van der Waals surface area contributed by atoms with Crippen molar-refractivity contribution in [2.45, 2.75) is 51.8 Å². The lowest BCUT2D eigenvalue weighted by Crippen LogP contribution is -2.47. The number of aliphatic imine (C=N–C) groups is 1. The van der Waals surface area contributed by atoms with E-state index in [4.69, 9.17) is 0 Å². The summed E-state index contributed by atoms with van der Waals surface area (Å²) < 4.78 is 2.03. The van der Waals surface area contributed by atoms with Crippen molar-refractivity contribution < 1.29 is 0 Å². The molecule has 0 bridgehead atoms. The Kier molecular flexibility index (Phi) is 9.48. The van der Waals surface area contributed by atoms with E-state index in [0.29, 0.717) is 0 Å². The molecule has 1 atom stereocenters. The average Bonchev–Trinajstić information content (AvgIpc) is 2.90. The van der Waals surface area contributed by atoms with Gasteiger partial charge in [0.05, 0.1) is 5.69 Å². The van der Waals surface area contributed by atoms with Gasteiger partial charge in [-0.2, -0.15) is 16.9 Å². The van der Waals surface area contributed by atoms with Crippen LogP contribution in [0.4, 0.5) is 0 Å². The molecule has 1 saturated heterocycles. The smallest absolute Gasteiger partial charge is 0.193 e. The van der Waals surface area contributed by atoms with Gasteiger partial charge in [-0.15, -0.1) is 24.0 Å². The van der Waals surface area contributed by atoms with Crippen molar-refractivity contribution in [3.63, 3.8) is 0 Å². The summed E-state index contributed by atoms with van der Waals surface area (Å²) in [5, 5.41) is 8.96. The minimum Gasteiger partial charge on any atom is -0.352 e. The van der Waals surface area contributed by atoms with E-state index in [1.165, 1.54) is 29.1 Å². The van der Waals surface area contributed by atoms with Crippen LogP contribution in [0.5, 0.6) is 0 Å². The zero-order valence-corrected chi connectivity index (χ0v) is 18.8. The zero-order valence-electron chi connectivity index (χ0n) is 15.6. The fraction of sp³-hybridized carbons (Fsp3) is 0.765. The van der Waals surface area contributed by atoms with Crippen molar-refractivity contribution in [3.8, 4) is 0 Å². The van der Waals surface area contributed by atoms with Gasteiger partial charge in [-0.1, -0.05) is 20.8 Å². The number of guanidine groups is 1. The lowest BCUT2D eigenvalue weighted by Gasteiger charge is -2.34. The maximum absolute atomic E-state index is 4.66. The number of rotatable bonds is 5. The molecule has 1 fully saturated rings. The van der Waals surface area contributed by atoms with Crippen LogP contribution in [-0.2, 0) is 26.4 Å². The summed E-state index contributed by atoms with van der Waals surface area (Å²) in [7, 11) is 3.93. The predicted octanol–water partition coefficient (Wildman–Crippen LogP) is 3.07. The van der Waals surface area contributed by atoms with Gasteiger partial charge in [-0.25, -0.2) is 0 Å². The maximum Gasteiger partial charge on any atom is 0.193 e. The number of nitrogens with zero attached hydrogens (tertiary/aromatic N) is 4. The van der Waals surface area contributed by atoms with Crippen molar-refractivity contribution in [1.29, 1.82) is 0 Å². The van der Waals surface area contributed by atoms with Crippen LogP contribution in [-0.4, -0.2) is 51.8 Å². The monoisotopic (exact) mass is 465 g/mol. The molecule has 0 spiro atoms. The van der Waals surface area contributed by atoms with Crippen LogP contribution in [0.1, 0.15) is 44.1 Å². The second kappa shape index (κ2) is 10.5. The summed E-state index contributed by atoms with van der Waals surface area (Å²) in [6.45, 7) is 9.63. The topological polar surface area (TPSA) is 45.5 Å². The van der Waals surface area contributed by atoms with Crippen LogP contribution in [0.25, 0.3) is 0 Å². The second-order valence-electron chi connectivity index (χ2n) is 5.95. The Morgan fingerprint density at radius 1 is 1.33 bits per heavy atom. The highest BCUT2D eigenvalue weighted by atomic mass is 127. The molecule has 5 nitrogen and oxygen atoms in total. The number of aromatic nitrogens is 2. The normalized spacial score (nSPS) is 18.5. The molecule has 0 aromatic carbocycles. The van der Waals surface area contributed by atoms with E-state index in [1.807, 2.05) is 18.8 Å². The summed E-state index contributed by atoms with van der Waals surface area (Å²) in [4.78, 5) is 6.91. The molecule has 0 amide bonds. The largest absolute Gasteiger partial charge is 0.352 e. The third-order valence-corrected chi connectivity index (χ3v) is 5.93. The Balaban J connectivity index is 0.00000288. The standard InChI is InChI=1S/C17H31N5S.HI/c1-6-13-12-22(9-10-23-13)17(18-4)19-11-14-15(7-2)20-21(5)16(14)8-3;/h13H,6-12H2,1-5H3,(H,18,19);1H. The third-order valence-electron chi connectivity index (χ3n) is 4.56. The lowest BCUT2D eigenvalue weighted by atomic mass is 10.1. The van der Waals surface area contributed by atoms with E-state index >= 15 is 0 Å². The predicted molar refractivity (Wildman–Crippen MR) is 116 cm³/mol. The van der Waals surface area contributed by atoms with Gasteiger partial charge < -0.3 is 10.2 Å². The summed E-state index contributed by atoms with van der Waals surface area (Å²) in [5.41, 5.74) is 3.87. The molecule has 7 heteroatoms. The Morgan fingerprint density at radius 3 is 2.67 bits per heavy atom. The Hall–Kier alpha value is -0.440. The van der Waals surface area contributed by atoms with Crippen molar-refractivity contribution in [2.75, 3.05) is 25.9 Å². The van der Waals surface area contributed by atoms with E-state index in [2.05, 4.69) is 52.8 Å². The fourth-order valence-corrected chi connectivity index (χ4v) is 4.43. The summed E-state index contributed by atoms with van der Waals surface area (Å²) >= 11 is 2.09. The quantitative estimate of drug-likeness (QED) is 0.413. The molecule has 138 valence electrons. The first kappa shape index (κ1) is 21.6. The first-order chi connectivity index (χ1) is 11.1. The van der Waals surface area contributed by atoms with Crippen LogP contribution < -0.4 is 5.32 Å². The molecule has 24 heavy (non-hydrogen) atoms. The Morgan fingerprint density at radius 2 is 2.08 bits per heavy atom. The van der Waals surface area contributed by atoms with Gasteiger partial charge in [0.1, 0.15) is 0 Å². The van der Waals surface area contributed by atoms with Gasteiger partial charge in [-0.3, -0.25) is 9.67 Å². The molecule has 1 aromatic rings. The average molecular weight is 465 g/mol. The molecule has 1 N–H and O–H groups in total. The number of nitrogens with one attached hydrogen (secondary N) is 1. The SMILES string of the molecule is CCc1nn(C)c(CC)c1CNC(=NC)N1CCSC(CC)C1.I. The zero-order chi connectivity index (χ0) is 16.8. The second-order valence-corrected chi connectivity index (χ2v) is 7.36. The summed E-state index contributed by atoms with van der Waals surface area (Å²) in [5.74, 6) is 2.21. The molecular formula is C17H32IN5S. The highest BCUT2D eigenvalue weighted by molar-refractivity contribution is 14.0. The molecule has 0 saturated carbocycles. The molecule has 2 heterocycles. The highest BCUT2D eigenvalue weighted by Crippen LogP contribution is 2.21. The van der Waals surface area contributed by atoms with Gasteiger partial charge in [0.25, 0.3) is 0 Å². The Labute approximate surface area is 168 Å². The van der Waals surface area contributed by atoms with Gasteiger partial charge >= 0.3 is 0 Å². The molecule has 1 unspecified atom stereocenters. The van der Waals surface area contributed by atoms with E-state index in [-0.39, 0.29) is 24.0 Å². The highest BCUT2D eigenvalue weighted by Gasteiger charge is 2.22. The molecular weight excluding hydrogens is 433 g/mol.